The molecule has 0 radical (unpaired) electrons. The summed E-state index contributed by atoms with van der Waals surface area (Å²) in [5, 5.41) is 11.4. The average molecular weight is 335 g/mol. The molecule has 1 saturated heterocycles. The van der Waals surface area contributed by atoms with Crippen molar-refractivity contribution in [3.05, 3.63) is 29.8 Å². The molecule has 2 rings (SSSR count). The maximum absolute atomic E-state index is 12.3. The molecular formula is C15H17N3O4S. The Morgan fingerprint density at radius 3 is 2.65 bits per heavy atom. The standard InChI is InChI=1S/C15H17N3O4S/c1-2-18(12-7-8-23(21,22)10-12)15(20)14(19)17-13-6-4-3-5-11(13)9-16/h3-6,12H,2,7-8,10H2,1H3,(H,17,19). The van der Waals surface area contributed by atoms with Gasteiger partial charge in [-0.25, -0.2) is 8.42 Å². The molecule has 1 aliphatic rings. The Bertz CT molecular complexity index is 767. The van der Waals surface area contributed by atoms with Gasteiger partial charge in [0.1, 0.15) is 6.07 Å². The molecule has 7 nitrogen and oxygen atoms in total. The Morgan fingerprint density at radius 1 is 1.39 bits per heavy atom. The highest BCUT2D eigenvalue weighted by atomic mass is 32.2. The van der Waals surface area contributed by atoms with Crippen molar-refractivity contribution >= 4 is 27.3 Å². The average Bonchev–Trinajstić information content (AvgIpc) is 2.88. The lowest BCUT2D eigenvalue weighted by Gasteiger charge is -2.26. The molecule has 122 valence electrons. The van der Waals surface area contributed by atoms with E-state index in [1.165, 1.54) is 17.0 Å². The Morgan fingerprint density at radius 2 is 2.09 bits per heavy atom. The van der Waals surface area contributed by atoms with Crippen LogP contribution in [0.5, 0.6) is 0 Å². The second kappa shape index (κ2) is 6.79. The van der Waals surface area contributed by atoms with E-state index in [0.717, 1.165) is 0 Å². The van der Waals surface area contributed by atoms with Crippen molar-refractivity contribution in [1.82, 2.24) is 4.90 Å². The van der Waals surface area contributed by atoms with Crippen LogP contribution in [0.3, 0.4) is 0 Å². The molecular weight excluding hydrogens is 318 g/mol. The molecule has 0 bridgehead atoms. The van der Waals surface area contributed by atoms with Crippen molar-refractivity contribution < 1.29 is 18.0 Å². The number of nitrogens with one attached hydrogen (secondary N) is 1. The third-order valence-corrected chi connectivity index (χ3v) is 5.49. The first kappa shape index (κ1) is 17.0. The number of hydrogen-bond donors (Lipinski definition) is 1. The maximum atomic E-state index is 12.3. The monoisotopic (exact) mass is 335 g/mol. The fraction of sp³-hybridized carbons (Fsp3) is 0.400. The quantitative estimate of drug-likeness (QED) is 0.811. The molecule has 2 amide bonds. The van der Waals surface area contributed by atoms with Crippen LogP contribution < -0.4 is 5.32 Å². The first-order valence-electron chi connectivity index (χ1n) is 7.19. The number of likely N-dealkylation sites (N-methyl/N-ethyl adjacent to an activating group) is 1. The highest BCUT2D eigenvalue weighted by Gasteiger charge is 2.36. The van der Waals surface area contributed by atoms with E-state index in [2.05, 4.69) is 5.32 Å². The lowest BCUT2D eigenvalue weighted by atomic mass is 10.2. The number of anilines is 1. The number of hydrogen-bond acceptors (Lipinski definition) is 5. The molecule has 1 aromatic rings. The smallest absolute Gasteiger partial charge is 0.313 e. The van der Waals surface area contributed by atoms with Crippen LogP contribution in [0, 0.1) is 11.3 Å². The van der Waals surface area contributed by atoms with E-state index >= 15 is 0 Å². The molecule has 1 heterocycles. The highest BCUT2D eigenvalue weighted by Crippen LogP contribution is 2.19. The van der Waals surface area contributed by atoms with Crippen molar-refractivity contribution in [3.63, 3.8) is 0 Å². The van der Waals surface area contributed by atoms with Crippen LogP contribution in [0.15, 0.2) is 24.3 Å². The number of nitriles is 1. The number of carbonyl (C=O) groups excluding carboxylic acids is 2. The zero-order chi connectivity index (χ0) is 17.0. The fourth-order valence-electron chi connectivity index (χ4n) is 2.58. The Kier molecular flexibility index (Phi) is 5.01. The van der Waals surface area contributed by atoms with Gasteiger partial charge >= 0.3 is 11.8 Å². The predicted molar refractivity (Wildman–Crippen MR) is 84.2 cm³/mol. The molecule has 1 aromatic carbocycles. The zero-order valence-electron chi connectivity index (χ0n) is 12.7. The van der Waals surface area contributed by atoms with E-state index in [0.29, 0.717) is 6.42 Å². The van der Waals surface area contributed by atoms with Gasteiger partial charge in [-0.2, -0.15) is 5.26 Å². The second-order valence-corrected chi connectivity index (χ2v) is 7.49. The van der Waals surface area contributed by atoms with Crippen LogP contribution in [0.4, 0.5) is 5.69 Å². The molecule has 0 saturated carbocycles. The number of benzene rings is 1. The van der Waals surface area contributed by atoms with Gasteiger partial charge in [0.2, 0.25) is 0 Å². The summed E-state index contributed by atoms with van der Waals surface area (Å²) in [6.45, 7) is 1.94. The van der Waals surface area contributed by atoms with Gasteiger partial charge < -0.3 is 10.2 Å². The lowest BCUT2D eigenvalue weighted by Crippen LogP contribution is -2.46. The molecule has 23 heavy (non-hydrogen) atoms. The summed E-state index contributed by atoms with van der Waals surface area (Å²) < 4.78 is 23.1. The largest absolute Gasteiger partial charge is 0.331 e. The van der Waals surface area contributed by atoms with E-state index in [9.17, 15) is 18.0 Å². The van der Waals surface area contributed by atoms with E-state index in [1.807, 2.05) is 6.07 Å². The van der Waals surface area contributed by atoms with Crippen molar-refractivity contribution in [2.24, 2.45) is 0 Å². The molecule has 1 fully saturated rings. The van der Waals surface area contributed by atoms with E-state index in [1.54, 1.807) is 19.1 Å². The fourth-order valence-corrected chi connectivity index (χ4v) is 4.32. The molecule has 1 unspecified atom stereocenters. The molecule has 8 heteroatoms. The number of para-hydroxylation sites is 1. The van der Waals surface area contributed by atoms with E-state index in [4.69, 9.17) is 5.26 Å². The second-order valence-electron chi connectivity index (χ2n) is 5.26. The molecule has 1 aliphatic heterocycles. The minimum atomic E-state index is -3.15. The molecule has 0 aliphatic carbocycles. The van der Waals surface area contributed by atoms with Gasteiger partial charge in [-0.05, 0) is 25.5 Å². The maximum Gasteiger partial charge on any atom is 0.313 e. The van der Waals surface area contributed by atoms with Gasteiger partial charge in [0.15, 0.2) is 9.84 Å². The number of sulfone groups is 1. The third-order valence-electron chi connectivity index (χ3n) is 3.74. The predicted octanol–water partition coefficient (Wildman–Crippen LogP) is 0.532. The van der Waals surface area contributed by atoms with Crippen molar-refractivity contribution in [2.75, 3.05) is 23.4 Å². The summed E-state index contributed by atoms with van der Waals surface area (Å²) in [5.41, 5.74) is 0.503. The normalized spacial score (nSPS) is 18.9. The van der Waals surface area contributed by atoms with Gasteiger partial charge in [0.25, 0.3) is 0 Å². The Labute approximate surface area is 134 Å². The van der Waals surface area contributed by atoms with Crippen LogP contribution in [0.2, 0.25) is 0 Å². The van der Waals surface area contributed by atoms with Crippen molar-refractivity contribution in [1.29, 1.82) is 5.26 Å². The van der Waals surface area contributed by atoms with Crippen LogP contribution in [0.1, 0.15) is 18.9 Å². The Hall–Kier alpha value is -2.40. The van der Waals surface area contributed by atoms with Gasteiger partial charge in [-0.3, -0.25) is 9.59 Å². The topological polar surface area (TPSA) is 107 Å². The SMILES string of the molecule is CCN(C(=O)C(=O)Nc1ccccc1C#N)C1CCS(=O)(=O)C1. The van der Waals surface area contributed by atoms with Gasteiger partial charge in [0, 0.05) is 12.6 Å². The number of amides is 2. The van der Waals surface area contributed by atoms with Crippen LogP contribution in [-0.2, 0) is 19.4 Å². The molecule has 0 spiro atoms. The first-order valence-corrected chi connectivity index (χ1v) is 9.01. The van der Waals surface area contributed by atoms with Gasteiger partial charge in [-0.1, -0.05) is 12.1 Å². The highest BCUT2D eigenvalue weighted by molar-refractivity contribution is 7.91. The summed E-state index contributed by atoms with van der Waals surface area (Å²) in [6.07, 6.45) is 0.337. The number of carbonyl (C=O) groups is 2. The van der Waals surface area contributed by atoms with Crippen molar-refractivity contribution in [2.45, 2.75) is 19.4 Å². The van der Waals surface area contributed by atoms with E-state index < -0.39 is 27.7 Å². The Balaban J connectivity index is 2.12. The van der Waals surface area contributed by atoms with Crippen LogP contribution >= 0.6 is 0 Å². The minimum absolute atomic E-state index is 0.0281. The molecule has 0 aromatic heterocycles. The zero-order valence-corrected chi connectivity index (χ0v) is 13.5. The summed E-state index contributed by atoms with van der Waals surface area (Å²) in [7, 11) is -3.15. The van der Waals surface area contributed by atoms with Crippen molar-refractivity contribution in [3.8, 4) is 6.07 Å². The minimum Gasteiger partial charge on any atom is -0.331 e. The van der Waals surface area contributed by atoms with Crippen LogP contribution in [0.25, 0.3) is 0 Å². The lowest BCUT2D eigenvalue weighted by molar-refractivity contribution is -0.144. The summed E-state index contributed by atoms with van der Waals surface area (Å²) in [4.78, 5) is 25.7. The summed E-state index contributed by atoms with van der Waals surface area (Å²) in [6, 6.07) is 7.80. The van der Waals surface area contributed by atoms with Gasteiger partial charge in [0.05, 0.1) is 22.8 Å². The van der Waals surface area contributed by atoms with E-state index in [-0.39, 0.29) is 29.3 Å². The van der Waals surface area contributed by atoms with Gasteiger partial charge in [-0.15, -0.1) is 0 Å². The summed E-state index contributed by atoms with van der Waals surface area (Å²) in [5.74, 6) is -1.75. The molecule has 1 N–H and O–H groups in total. The summed E-state index contributed by atoms with van der Waals surface area (Å²) >= 11 is 0. The third kappa shape index (κ3) is 3.87. The molecule has 1 atom stereocenters. The van der Waals surface area contributed by atoms with Crippen LogP contribution in [-0.4, -0.2) is 49.2 Å². The first-order chi connectivity index (χ1) is 10.9. The number of nitrogens with zero attached hydrogens (tertiary/aromatic N) is 2. The number of rotatable bonds is 3.